The van der Waals surface area contributed by atoms with Crippen molar-refractivity contribution in [1.82, 2.24) is 15.1 Å². The Morgan fingerprint density at radius 3 is 2.43 bits per heavy atom. The molecule has 4 fully saturated rings. The van der Waals surface area contributed by atoms with Crippen LogP contribution in [0.25, 0.3) is 0 Å². The fraction of sp³-hybridized carbons (Fsp3) is 0.810. The number of nitrogens with one attached hydrogen (secondary N) is 1. The zero-order valence-corrected chi connectivity index (χ0v) is 34.9. The number of carbonyl (C=O) groups is 2. The Balaban J connectivity index is 1.32. The van der Waals surface area contributed by atoms with Crippen molar-refractivity contribution in [1.29, 1.82) is 0 Å². The summed E-state index contributed by atoms with van der Waals surface area (Å²) in [6, 6.07) is 8.74. The predicted octanol–water partition coefficient (Wildman–Crippen LogP) is 4.60. The highest BCUT2D eigenvalue weighted by Gasteiger charge is 2.43. The maximum absolute atomic E-state index is 13.7. The molecule has 4 aliphatic rings. The molecule has 2 saturated heterocycles. The van der Waals surface area contributed by atoms with Gasteiger partial charge in [-0.1, -0.05) is 24.3 Å². The van der Waals surface area contributed by atoms with Gasteiger partial charge in [0.25, 0.3) is 5.09 Å². The second kappa shape index (κ2) is 24.8. The van der Waals surface area contributed by atoms with E-state index in [4.69, 9.17) is 33.2 Å². The second-order valence-corrected chi connectivity index (χ2v) is 16.2. The Hall–Kier alpha value is -3.12. The number of unbranched alkanes of at least 4 members (excludes halogenated alkanes) is 1. The Morgan fingerprint density at radius 1 is 0.914 bits per heavy atom. The zero-order chi connectivity index (χ0) is 41.1. The van der Waals surface area contributed by atoms with Gasteiger partial charge in [-0.15, -0.1) is 10.1 Å². The standard InChI is InChI=1S/C42H68N4O12/c1-51-19-6-17-44-18-22-55-38-16-9-32(25-37(38)44)30-57-39-28-45(42(48)56-20-4-5-21-58-46(49)50)27-35(26-43-41(47)34-12-14-36(53-3)15-13-34)40(39)33-10-7-31(8-11-33)29-54-24-23-52-2/h7-8,10-11,32,34-40H,4-6,9,12-30H2,1-3H3,(H,43,47). The molecule has 0 spiro atoms. The van der Waals surface area contributed by atoms with Crippen molar-refractivity contribution in [2.24, 2.45) is 17.8 Å². The van der Waals surface area contributed by atoms with Crippen LogP contribution in [0.15, 0.2) is 24.3 Å². The van der Waals surface area contributed by atoms with Gasteiger partial charge in [0.05, 0.1) is 64.5 Å². The van der Waals surface area contributed by atoms with Crippen LogP contribution in [0.5, 0.6) is 0 Å². The van der Waals surface area contributed by atoms with Crippen molar-refractivity contribution in [3.05, 3.63) is 45.5 Å². The highest BCUT2D eigenvalue weighted by molar-refractivity contribution is 5.78. The molecule has 2 heterocycles. The molecule has 328 valence electrons. The molecule has 1 aromatic carbocycles. The lowest BCUT2D eigenvalue weighted by molar-refractivity contribution is -0.757. The van der Waals surface area contributed by atoms with E-state index in [1.54, 1.807) is 26.2 Å². The van der Waals surface area contributed by atoms with E-state index in [-0.39, 0.29) is 55.2 Å². The number of ether oxygens (including phenoxy) is 7. The average molecular weight is 821 g/mol. The number of rotatable bonds is 23. The first kappa shape index (κ1) is 46.0. The van der Waals surface area contributed by atoms with Crippen LogP contribution in [0.3, 0.4) is 0 Å². The number of benzene rings is 1. The molecule has 5 rings (SSSR count). The summed E-state index contributed by atoms with van der Waals surface area (Å²) in [5.74, 6) is 0.000691. The van der Waals surface area contributed by atoms with Crippen molar-refractivity contribution in [3.8, 4) is 0 Å². The number of hydrogen-bond acceptors (Lipinski definition) is 13. The molecular weight excluding hydrogens is 752 g/mol. The van der Waals surface area contributed by atoms with E-state index in [2.05, 4.69) is 39.3 Å². The first-order chi connectivity index (χ1) is 28.3. The summed E-state index contributed by atoms with van der Waals surface area (Å²) in [6.45, 7) is 6.54. The van der Waals surface area contributed by atoms with Crippen molar-refractivity contribution < 1.29 is 52.7 Å². The predicted molar refractivity (Wildman–Crippen MR) is 214 cm³/mol. The van der Waals surface area contributed by atoms with Crippen molar-refractivity contribution >= 4 is 12.0 Å². The summed E-state index contributed by atoms with van der Waals surface area (Å²) in [5, 5.41) is 13.0. The number of likely N-dealkylation sites (tertiary alicyclic amines) is 1. The molecule has 58 heavy (non-hydrogen) atoms. The summed E-state index contributed by atoms with van der Waals surface area (Å²) in [7, 11) is 5.12. The van der Waals surface area contributed by atoms with Gasteiger partial charge in [-0.2, -0.15) is 0 Å². The highest BCUT2D eigenvalue weighted by atomic mass is 16.9. The molecule has 1 aromatic rings. The van der Waals surface area contributed by atoms with E-state index < -0.39 is 11.2 Å². The monoisotopic (exact) mass is 820 g/mol. The molecule has 2 aliphatic carbocycles. The SMILES string of the molecule is COCCCN1CCOC2CCC(COC3CN(C(=O)OCCCCO[N+](=O)[O-])CC(CNC(=O)C4CCC(OC)CC4)C3c3ccc(COCCOC)cc3)CC21. The first-order valence-electron chi connectivity index (χ1n) is 21.4. The molecule has 2 amide bonds. The second-order valence-electron chi connectivity index (χ2n) is 16.2. The van der Waals surface area contributed by atoms with Crippen LogP contribution in [-0.2, 0) is 49.4 Å². The minimum atomic E-state index is -0.822. The van der Waals surface area contributed by atoms with Crippen LogP contribution in [-0.4, -0.2) is 152 Å². The molecule has 0 aromatic heterocycles. The highest BCUT2D eigenvalue weighted by Crippen LogP contribution is 2.38. The van der Waals surface area contributed by atoms with E-state index in [1.165, 1.54) is 0 Å². The van der Waals surface area contributed by atoms with E-state index in [0.717, 1.165) is 88.8 Å². The smallest absolute Gasteiger partial charge is 0.409 e. The van der Waals surface area contributed by atoms with Gasteiger partial charge >= 0.3 is 6.09 Å². The number of hydrogen-bond donors (Lipinski definition) is 1. The third kappa shape index (κ3) is 14.3. The summed E-state index contributed by atoms with van der Waals surface area (Å²) in [4.78, 5) is 46.5. The molecule has 0 radical (unpaired) electrons. The van der Waals surface area contributed by atoms with E-state index in [1.807, 2.05) is 0 Å². The summed E-state index contributed by atoms with van der Waals surface area (Å²) in [5.41, 5.74) is 2.12. The van der Waals surface area contributed by atoms with Crippen molar-refractivity contribution in [2.45, 2.75) is 101 Å². The number of piperidine rings is 1. The fourth-order valence-corrected chi connectivity index (χ4v) is 9.16. The lowest BCUT2D eigenvalue weighted by atomic mass is 9.77. The zero-order valence-electron chi connectivity index (χ0n) is 34.9. The number of methoxy groups -OCH3 is 3. The quantitative estimate of drug-likeness (QED) is 0.0925. The number of fused-ring (bicyclic) bond motifs is 1. The maximum Gasteiger partial charge on any atom is 0.409 e. The van der Waals surface area contributed by atoms with E-state index >= 15 is 0 Å². The van der Waals surface area contributed by atoms with Crippen LogP contribution in [0.4, 0.5) is 4.79 Å². The minimum Gasteiger partial charge on any atom is -0.449 e. The van der Waals surface area contributed by atoms with Crippen molar-refractivity contribution in [2.75, 3.05) is 100 Å². The molecule has 0 bridgehead atoms. The van der Waals surface area contributed by atoms with Gasteiger partial charge in [-0.3, -0.25) is 9.69 Å². The van der Waals surface area contributed by atoms with Gasteiger partial charge < -0.3 is 48.2 Å². The normalized spacial score (nSPS) is 27.7. The Kier molecular flexibility index (Phi) is 19.7. The molecule has 16 heteroatoms. The lowest BCUT2D eigenvalue weighted by Crippen LogP contribution is -2.56. The van der Waals surface area contributed by atoms with Crippen LogP contribution in [0, 0.1) is 27.9 Å². The molecule has 16 nitrogen and oxygen atoms in total. The van der Waals surface area contributed by atoms with Gasteiger partial charge in [0, 0.05) is 84.5 Å². The molecule has 2 aliphatic heterocycles. The van der Waals surface area contributed by atoms with Gasteiger partial charge in [-0.05, 0) is 81.3 Å². The lowest BCUT2D eigenvalue weighted by Gasteiger charge is -2.47. The van der Waals surface area contributed by atoms with Crippen LogP contribution < -0.4 is 5.32 Å². The number of amides is 2. The Bertz CT molecular complexity index is 1370. The molecule has 6 atom stereocenters. The average Bonchev–Trinajstić information content (AvgIpc) is 3.24. The summed E-state index contributed by atoms with van der Waals surface area (Å²) >= 11 is 0. The van der Waals surface area contributed by atoms with Crippen LogP contribution in [0.2, 0.25) is 0 Å². The number of morpholine rings is 1. The van der Waals surface area contributed by atoms with Crippen LogP contribution in [0.1, 0.15) is 81.3 Å². The Labute approximate surface area is 343 Å². The van der Waals surface area contributed by atoms with E-state index in [0.29, 0.717) is 70.9 Å². The van der Waals surface area contributed by atoms with Gasteiger partial charge in [0.1, 0.15) is 0 Å². The fourth-order valence-electron chi connectivity index (χ4n) is 9.16. The molecule has 2 saturated carbocycles. The minimum absolute atomic E-state index is 0.0347. The first-order valence-corrected chi connectivity index (χ1v) is 21.4. The van der Waals surface area contributed by atoms with Crippen molar-refractivity contribution in [3.63, 3.8) is 0 Å². The van der Waals surface area contributed by atoms with Gasteiger partial charge in [0.2, 0.25) is 5.91 Å². The van der Waals surface area contributed by atoms with Gasteiger partial charge in [-0.25, -0.2) is 4.79 Å². The topological polar surface area (TPSA) is 170 Å². The summed E-state index contributed by atoms with van der Waals surface area (Å²) in [6.07, 6.45) is 7.60. The van der Waals surface area contributed by atoms with E-state index in [9.17, 15) is 19.7 Å². The van der Waals surface area contributed by atoms with Crippen LogP contribution >= 0.6 is 0 Å². The Morgan fingerprint density at radius 2 is 1.69 bits per heavy atom. The van der Waals surface area contributed by atoms with Gasteiger partial charge in [0.15, 0.2) is 0 Å². The molecule has 1 N–H and O–H groups in total. The largest absolute Gasteiger partial charge is 0.449 e. The number of carbonyl (C=O) groups excluding carboxylic acids is 2. The maximum atomic E-state index is 13.7. The number of nitrogens with zero attached hydrogens (tertiary/aromatic N) is 3. The third-order valence-electron chi connectivity index (χ3n) is 12.3. The molecular formula is C42H68N4O12. The summed E-state index contributed by atoms with van der Waals surface area (Å²) < 4.78 is 40.7. The third-order valence-corrected chi connectivity index (χ3v) is 12.3. The molecule has 6 unspecified atom stereocenters.